The van der Waals surface area contributed by atoms with Crippen LogP contribution in [0.5, 0.6) is 0 Å². The first-order chi connectivity index (χ1) is 17.1. The Labute approximate surface area is 208 Å². The second kappa shape index (κ2) is 8.40. The van der Waals surface area contributed by atoms with E-state index >= 15 is 0 Å². The van der Waals surface area contributed by atoms with Gasteiger partial charge in [-0.15, -0.1) is 11.3 Å². The first-order valence-corrected chi connectivity index (χ1v) is 13.5. The van der Waals surface area contributed by atoms with Crippen LogP contribution in [-0.4, -0.2) is 64.6 Å². The highest BCUT2D eigenvalue weighted by Gasteiger charge is 2.39. The number of anilines is 1. The molecule has 7 rings (SSSR count). The zero-order chi connectivity index (χ0) is 23.5. The molecule has 0 aliphatic carbocycles. The maximum Gasteiger partial charge on any atom is 0.258 e. The third-order valence-corrected chi connectivity index (χ3v) is 9.15. The van der Waals surface area contributed by atoms with Gasteiger partial charge in [0.25, 0.3) is 5.56 Å². The lowest BCUT2D eigenvalue weighted by Gasteiger charge is -2.38. The molecule has 0 amide bonds. The van der Waals surface area contributed by atoms with Crippen molar-refractivity contribution in [1.82, 2.24) is 24.6 Å². The Morgan fingerprint density at radius 2 is 1.80 bits per heavy atom. The number of nitrogens with one attached hydrogen (secondary N) is 1. The lowest BCUT2D eigenvalue weighted by Crippen LogP contribution is -2.45. The Bertz CT molecular complexity index is 1460. The Kier molecular flexibility index (Phi) is 5.15. The summed E-state index contributed by atoms with van der Waals surface area (Å²) in [5.41, 5.74) is 4.32. The third-order valence-electron chi connectivity index (χ3n) is 8.20. The van der Waals surface area contributed by atoms with Crippen molar-refractivity contribution in [3.63, 3.8) is 0 Å². The minimum absolute atomic E-state index is 0.0477. The largest absolute Gasteiger partial charge is 0.370 e. The molecule has 3 aromatic heterocycles. The molecule has 0 radical (unpaired) electrons. The molecule has 1 N–H and O–H groups in total. The number of fused-ring (bicyclic) bond motifs is 3. The summed E-state index contributed by atoms with van der Waals surface area (Å²) in [5, 5.41) is 4.59. The summed E-state index contributed by atoms with van der Waals surface area (Å²) >= 11 is 1.68. The van der Waals surface area contributed by atoms with Crippen LogP contribution in [0.3, 0.4) is 0 Å². The Hall–Kier alpha value is -2.81. The van der Waals surface area contributed by atoms with E-state index in [1.54, 1.807) is 21.8 Å². The SMILES string of the molecule is Cc1nc2cc(-c3cc(=O)n4cc(N5CCC(N6C[C@H]7CNC[C@H]7C6)CC5)ccc4n3)ccc2s1. The van der Waals surface area contributed by atoms with Gasteiger partial charge in [0.1, 0.15) is 5.65 Å². The average Bonchev–Trinajstić information content (AvgIpc) is 3.57. The predicted octanol–water partition coefficient (Wildman–Crippen LogP) is 3.40. The molecule has 3 aliphatic heterocycles. The third kappa shape index (κ3) is 3.84. The molecule has 2 atom stereocenters. The molecule has 8 heteroatoms. The highest BCUT2D eigenvalue weighted by atomic mass is 32.1. The number of pyridine rings is 1. The Morgan fingerprint density at radius 3 is 2.60 bits per heavy atom. The summed E-state index contributed by atoms with van der Waals surface area (Å²) in [7, 11) is 0. The molecule has 35 heavy (non-hydrogen) atoms. The van der Waals surface area contributed by atoms with Gasteiger partial charge in [0.05, 0.1) is 26.6 Å². The first-order valence-electron chi connectivity index (χ1n) is 12.7. The molecule has 1 aromatic carbocycles. The number of aryl methyl sites for hydroxylation is 1. The van der Waals surface area contributed by atoms with Crippen molar-refractivity contribution in [3.05, 3.63) is 58.0 Å². The van der Waals surface area contributed by atoms with Crippen LogP contribution in [0.25, 0.3) is 27.1 Å². The van der Waals surface area contributed by atoms with Gasteiger partial charge in [0.2, 0.25) is 0 Å². The van der Waals surface area contributed by atoms with Crippen LogP contribution in [0.4, 0.5) is 5.69 Å². The second-order valence-electron chi connectivity index (χ2n) is 10.4. The molecule has 6 heterocycles. The lowest BCUT2D eigenvalue weighted by atomic mass is 10.0. The topological polar surface area (TPSA) is 65.8 Å². The van der Waals surface area contributed by atoms with Gasteiger partial charge < -0.3 is 10.2 Å². The van der Waals surface area contributed by atoms with Crippen molar-refractivity contribution in [3.8, 4) is 11.3 Å². The van der Waals surface area contributed by atoms with Gasteiger partial charge >= 0.3 is 0 Å². The quantitative estimate of drug-likeness (QED) is 0.479. The lowest BCUT2D eigenvalue weighted by molar-refractivity contribution is 0.194. The molecule has 3 saturated heterocycles. The fourth-order valence-corrected chi connectivity index (χ4v) is 7.11. The van der Waals surface area contributed by atoms with E-state index in [1.165, 1.54) is 39.0 Å². The normalized spacial score (nSPS) is 23.5. The second-order valence-corrected chi connectivity index (χ2v) is 11.6. The van der Waals surface area contributed by atoms with E-state index in [-0.39, 0.29) is 5.56 Å². The standard InChI is InChI=1S/C27H30N6OS/c1-17-29-24-10-18(2-4-25(24)35-17)23-11-27(34)33-16-22(3-5-26(33)30-23)31-8-6-21(7-9-31)32-14-19-12-28-13-20(19)15-32/h2-5,10-11,16,19-21,28H,6-9,12-15H2,1H3/t19-,20+. The predicted molar refractivity (Wildman–Crippen MR) is 141 cm³/mol. The smallest absolute Gasteiger partial charge is 0.258 e. The molecule has 3 fully saturated rings. The van der Waals surface area contributed by atoms with E-state index < -0.39 is 0 Å². The van der Waals surface area contributed by atoms with Crippen LogP contribution < -0.4 is 15.8 Å². The van der Waals surface area contributed by atoms with Crippen LogP contribution in [0, 0.1) is 18.8 Å². The van der Waals surface area contributed by atoms with Crippen molar-refractivity contribution in [2.24, 2.45) is 11.8 Å². The summed E-state index contributed by atoms with van der Waals surface area (Å²) in [6.45, 7) is 9.00. The summed E-state index contributed by atoms with van der Waals surface area (Å²) in [6, 6.07) is 12.6. The van der Waals surface area contributed by atoms with Crippen molar-refractivity contribution in [2.75, 3.05) is 44.2 Å². The van der Waals surface area contributed by atoms with Crippen LogP contribution >= 0.6 is 11.3 Å². The summed E-state index contributed by atoms with van der Waals surface area (Å²) in [5.74, 6) is 1.70. The minimum atomic E-state index is -0.0477. The maximum absolute atomic E-state index is 13.1. The monoisotopic (exact) mass is 486 g/mol. The number of likely N-dealkylation sites (tertiary alicyclic amines) is 1. The van der Waals surface area contributed by atoms with Crippen molar-refractivity contribution in [2.45, 2.75) is 25.8 Å². The van der Waals surface area contributed by atoms with E-state index in [9.17, 15) is 4.79 Å². The number of thiazole rings is 1. The summed E-state index contributed by atoms with van der Waals surface area (Å²) in [4.78, 5) is 27.6. The molecule has 0 bridgehead atoms. The van der Waals surface area contributed by atoms with Crippen molar-refractivity contribution < 1.29 is 0 Å². The van der Waals surface area contributed by atoms with E-state index in [0.717, 1.165) is 51.4 Å². The van der Waals surface area contributed by atoms with Crippen LogP contribution in [0.1, 0.15) is 17.8 Å². The van der Waals surface area contributed by atoms with Gasteiger partial charge in [-0.05, 0) is 69.0 Å². The number of hydrogen-bond donors (Lipinski definition) is 1. The number of benzene rings is 1. The molecule has 0 spiro atoms. The van der Waals surface area contributed by atoms with Crippen molar-refractivity contribution in [1.29, 1.82) is 0 Å². The summed E-state index contributed by atoms with van der Waals surface area (Å²) in [6.07, 6.45) is 4.35. The molecule has 4 aromatic rings. The molecule has 0 saturated carbocycles. The first kappa shape index (κ1) is 21.5. The number of rotatable bonds is 3. The fraction of sp³-hybridized carbons (Fsp3) is 0.444. The van der Waals surface area contributed by atoms with Gasteiger partial charge in [-0.25, -0.2) is 9.97 Å². The molecular weight excluding hydrogens is 456 g/mol. The highest BCUT2D eigenvalue weighted by Crippen LogP contribution is 2.32. The number of nitrogens with zero attached hydrogens (tertiary/aromatic N) is 5. The Morgan fingerprint density at radius 1 is 1.00 bits per heavy atom. The molecular formula is C27H30N6OS. The number of piperidine rings is 1. The van der Waals surface area contributed by atoms with Gasteiger partial charge in [-0.3, -0.25) is 14.1 Å². The van der Waals surface area contributed by atoms with E-state index in [2.05, 4.69) is 32.2 Å². The maximum atomic E-state index is 13.1. The summed E-state index contributed by atoms with van der Waals surface area (Å²) < 4.78 is 2.84. The van der Waals surface area contributed by atoms with Crippen LogP contribution in [0.15, 0.2) is 47.4 Å². The highest BCUT2D eigenvalue weighted by molar-refractivity contribution is 7.18. The zero-order valence-electron chi connectivity index (χ0n) is 20.0. The molecule has 3 aliphatic rings. The van der Waals surface area contributed by atoms with Gasteiger partial charge in [-0.1, -0.05) is 6.07 Å². The molecule has 7 nitrogen and oxygen atoms in total. The minimum Gasteiger partial charge on any atom is -0.370 e. The molecule has 0 unspecified atom stereocenters. The van der Waals surface area contributed by atoms with E-state index in [0.29, 0.717) is 17.4 Å². The molecule has 180 valence electrons. The Balaban J connectivity index is 1.10. The van der Waals surface area contributed by atoms with E-state index in [4.69, 9.17) is 4.98 Å². The zero-order valence-corrected chi connectivity index (χ0v) is 20.8. The fourth-order valence-electron chi connectivity index (χ4n) is 6.31. The van der Waals surface area contributed by atoms with Crippen molar-refractivity contribution >= 4 is 32.9 Å². The average molecular weight is 487 g/mol. The van der Waals surface area contributed by atoms with Crippen LogP contribution in [0.2, 0.25) is 0 Å². The van der Waals surface area contributed by atoms with Crippen LogP contribution in [-0.2, 0) is 0 Å². The van der Waals surface area contributed by atoms with Gasteiger partial charge in [0, 0.05) is 50.0 Å². The van der Waals surface area contributed by atoms with Gasteiger partial charge in [-0.2, -0.15) is 0 Å². The van der Waals surface area contributed by atoms with E-state index in [1.807, 2.05) is 31.3 Å². The van der Waals surface area contributed by atoms with Gasteiger partial charge in [0.15, 0.2) is 0 Å². The number of aromatic nitrogens is 3. The number of hydrogen-bond acceptors (Lipinski definition) is 7.